The molecular formula is C23H20Cl3N3O3S. The van der Waals surface area contributed by atoms with Crippen molar-refractivity contribution in [1.82, 2.24) is 9.73 Å². The Morgan fingerprint density at radius 2 is 1.64 bits per heavy atom. The number of sulfonamides is 1. The average Bonchev–Trinajstić information content (AvgIpc) is 2.80. The van der Waals surface area contributed by atoms with E-state index in [0.717, 1.165) is 9.87 Å². The van der Waals surface area contributed by atoms with Crippen LogP contribution in [0.4, 0.5) is 0 Å². The van der Waals surface area contributed by atoms with Gasteiger partial charge in [0.2, 0.25) is 10.0 Å². The summed E-state index contributed by atoms with van der Waals surface area (Å²) < 4.78 is 27.8. The fraction of sp³-hybridized carbons (Fsp3) is 0.130. The van der Waals surface area contributed by atoms with E-state index < -0.39 is 22.5 Å². The zero-order chi connectivity index (χ0) is 23.8. The van der Waals surface area contributed by atoms with Gasteiger partial charge < -0.3 is 0 Å². The van der Waals surface area contributed by atoms with E-state index in [4.69, 9.17) is 34.8 Å². The SMILES string of the molecule is O=C(CN(CCc1ccccc1)S(=O)(=O)c1cc(Cl)ccc1Cl)N/N=C\c1ccccc1Cl. The first-order chi connectivity index (χ1) is 15.8. The van der Waals surface area contributed by atoms with Crippen LogP contribution < -0.4 is 5.43 Å². The number of carbonyl (C=O) groups is 1. The molecule has 172 valence electrons. The molecule has 0 fully saturated rings. The van der Waals surface area contributed by atoms with Crippen LogP contribution in [0.25, 0.3) is 0 Å². The molecule has 0 heterocycles. The highest BCUT2D eigenvalue weighted by Crippen LogP contribution is 2.28. The summed E-state index contributed by atoms with van der Waals surface area (Å²) in [6.45, 7) is -0.408. The first-order valence-electron chi connectivity index (χ1n) is 9.83. The van der Waals surface area contributed by atoms with Crippen LogP contribution in [-0.4, -0.2) is 37.9 Å². The van der Waals surface area contributed by atoms with Gasteiger partial charge in [0, 0.05) is 22.2 Å². The van der Waals surface area contributed by atoms with E-state index >= 15 is 0 Å². The molecule has 6 nitrogen and oxygen atoms in total. The summed E-state index contributed by atoms with van der Waals surface area (Å²) in [4.78, 5) is 12.4. The van der Waals surface area contributed by atoms with Gasteiger partial charge in [0.05, 0.1) is 17.8 Å². The van der Waals surface area contributed by atoms with Gasteiger partial charge >= 0.3 is 0 Å². The third-order valence-electron chi connectivity index (χ3n) is 4.62. The predicted molar refractivity (Wildman–Crippen MR) is 133 cm³/mol. The maximum absolute atomic E-state index is 13.3. The zero-order valence-electron chi connectivity index (χ0n) is 17.3. The molecule has 0 aliphatic carbocycles. The number of amides is 1. The van der Waals surface area contributed by atoms with Gasteiger partial charge in [0.1, 0.15) is 4.90 Å². The normalized spacial score (nSPS) is 11.8. The van der Waals surface area contributed by atoms with Crippen LogP contribution in [0.3, 0.4) is 0 Å². The summed E-state index contributed by atoms with van der Waals surface area (Å²) in [5, 5.41) is 4.59. The number of halogens is 3. The molecule has 10 heteroatoms. The first-order valence-corrected chi connectivity index (χ1v) is 12.4. The molecule has 0 aromatic heterocycles. The van der Waals surface area contributed by atoms with Crippen LogP contribution in [0.15, 0.2) is 82.8 Å². The Morgan fingerprint density at radius 3 is 2.36 bits per heavy atom. The van der Waals surface area contributed by atoms with Crippen molar-refractivity contribution < 1.29 is 13.2 Å². The zero-order valence-corrected chi connectivity index (χ0v) is 20.4. The van der Waals surface area contributed by atoms with Crippen molar-refractivity contribution in [2.75, 3.05) is 13.1 Å². The number of carbonyl (C=O) groups excluding carboxylic acids is 1. The molecule has 1 N–H and O–H groups in total. The van der Waals surface area contributed by atoms with Crippen LogP contribution in [0.2, 0.25) is 15.1 Å². The Balaban J connectivity index is 1.79. The summed E-state index contributed by atoms with van der Waals surface area (Å²) in [6.07, 6.45) is 1.78. The summed E-state index contributed by atoms with van der Waals surface area (Å²) >= 11 is 18.2. The molecule has 33 heavy (non-hydrogen) atoms. The predicted octanol–water partition coefficient (Wildman–Crippen LogP) is 5.03. The maximum Gasteiger partial charge on any atom is 0.255 e. The quantitative estimate of drug-likeness (QED) is 0.315. The molecule has 3 aromatic rings. The number of hydrogen-bond donors (Lipinski definition) is 1. The van der Waals surface area contributed by atoms with E-state index in [1.165, 1.54) is 24.4 Å². The van der Waals surface area contributed by atoms with Crippen LogP contribution in [-0.2, 0) is 21.2 Å². The van der Waals surface area contributed by atoms with Gasteiger partial charge in [-0.25, -0.2) is 13.8 Å². The molecule has 0 bridgehead atoms. The molecule has 0 radical (unpaired) electrons. The van der Waals surface area contributed by atoms with E-state index in [0.29, 0.717) is 17.0 Å². The third-order valence-corrected chi connectivity index (χ3v) is 7.53. The van der Waals surface area contributed by atoms with Crippen LogP contribution >= 0.6 is 34.8 Å². The van der Waals surface area contributed by atoms with Crippen molar-refractivity contribution in [2.24, 2.45) is 5.10 Å². The summed E-state index contributed by atoms with van der Waals surface area (Å²) in [6, 6.07) is 20.5. The molecule has 0 spiro atoms. The van der Waals surface area contributed by atoms with Gasteiger partial charge in [0.25, 0.3) is 5.91 Å². The van der Waals surface area contributed by atoms with E-state index in [1.807, 2.05) is 30.3 Å². The fourth-order valence-electron chi connectivity index (χ4n) is 2.95. The second-order valence-electron chi connectivity index (χ2n) is 6.96. The second-order valence-corrected chi connectivity index (χ2v) is 10.1. The lowest BCUT2D eigenvalue weighted by Crippen LogP contribution is -2.40. The molecule has 0 atom stereocenters. The molecule has 0 saturated carbocycles. The number of hydrazone groups is 1. The summed E-state index contributed by atoms with van der Waals surface area (Å²) in [7, 11) is -4.12. The lowest BCUT2D eigenvalue weighted by atomic mass is 10.1. The molecule has 3 aromatic carbocycles. The number of nitrogens with one attached hydrogen (secondary N) is 1. The number of benzene rings is 3. The molecule has 0 unspecified atom stereocenters. The minimum Gasteiger partial charge on any atom is -0.272 e. The van der Waals surface area contributed by atoms with Crippen molar-refractivity contribution in [3.05, 3.63) is 99.0 Å². The summed E-state index contributed by atoms with van der Waals surface area (Å²) in [5.74, 6) is -0.618. The van der Waals surface area contributed by atoms with Gasteiger partial charge in [-0.3, -0.25) is 4.79 Å². The van der Waals surface area contributed by atoms with E-state index in [2.05, 4.69) is 10.5 Å². The van der Waals surface area contributed by atoms with E-state index in [-0.39, 0.29) is 21.5 Å². The van der Waals surface area contributed by atoms with Crippen molar-refractivity contribution in [1.29, 1.82) is 0 Å². The van der Waals surface area contributed by atoms with Gasteiger partial charge in [0.15, 0.2) is 0 Å². The van der Waals surface area contributed by atoms with Crippen molar-refractivity contribution in [3.8, 4) is 0 Å². The minimum absolute atomic E-state index is 0.0151. The lowest BCUT2D eigenvalue weighted by Gasteiger charge is -2.22. The largest absolute Gasteiger partial charge is 0.272 e. The van der Waals surface area contributed by atoms with Gasteiger partial charge in [-0.2, -0.15) is 9.41 Å². The molecule has 0 saturated heterocycles. The molecule has 3 rings (SSSR count). The molecule has 0 aliphatic rings. The monoisotopic (exact) mass is 523 g/mol. The van der Waals surface area contributed by atoms with Crippen molar-refractivity contribution in [3.63, 3.8) is 0 Å². The highest BCUT2D eigenvalue weighted by Gasteiger charge is 2.28. The lowest BCUT2D eigenvalue weighted by molar-refractivity contribution is -0.121. The maximum atomic E-state index is 13.3. The molecular weight excluding hydrogens is 505 g/mol. The van der Waals surface area contributed by atoms with Crippen molar-refractivity contribution in [2.45, 2.75) is 11.3 Å². The Bertz CT molecular complexity index is 1250. The number of nitrogens with zero attached hydrogens (tertiary/aromatic N) is 2. The van der Waals surface area contributed by atoms with Crippen molar-refractivity contribution >= 4 is 56.9 Å². The Hall–Kier alpha value is -2.42. The Labute approximate surface area is 207 Å². The third kappa shape index (κ3) is 7.03. The Morgan fingerprint density at radius 1 is 0.939 bits per heavy atom. The number of hydrogen-bond acceptors (Lipinski definition) is 4. The smallest absolute Gasteiger partial charge is 0.255 e. The highest BCUT2D eigenvalue weighted by atomic mass is 35.5. The topological polar surface area (TPSA) is 78.8 Å². The standard InChI is InChI=1S/C23H20Cl3N3O3S/c24-19-10-11-21(26)22(14-19)33(31,32)29(13-12-17-6-2-1-3-7-17)16-23(30)28-27-15-18-8-4-5-9-20(18)25/h1-11,14-15H,12-13,16H2,(H,28,30)/b27-15-. The molecule has 1 amide bonds. The second kappa shape index (κ2) is 11.6. The van der Waals surface area contributed by atoms with Crippen LogP contribution in [0.1, 0.15) is 11.1 Å². The van der Waals surface area contributed by atoms with E-state index in [9.17, 15) is 13.2 Å². The van der Waals surface area contributed by atoms with E-state index in [1.54, 1.807) is 24.3 Å². The highest BCUT2D eigenvalue weighted by molar-refractivity contribution is 7.89. The van der Waals surface area contributed by atoms with Crippen LogP contribution in [0, 0.1) is 0 Å². The summed E-state index contributed by atoms with van der Waals surface area (Å²) in [5.41, 5.74) is 3.88. The first kappa shape index (κ1) is 25.2. The van der Waals surface area contributed by atoms with Gasteiger partial charge in [-0.05, 0) is 36.2 Å². The van der Waals surface area contributed by atoms with Gasteiger partial charge in [-0.15, -0.1) is 0 Å². The average molecular weight is 525 g/mol. The van der Waals surface area contributed by atoms with Gasteiger partial charge in [-0.1, -0.05) is 83.3 Å². The van der Waals surface area contributed by atoms with Crippen LogP contribution in [0.5, 0.6) is 0 Å². The fourth-order valence-corrected chi connectivity index (χ4v) is 5.26. The number of rotatable bonds is 9. The Kier molecular flexibility index (Phi) is 8.88. The molecule has 0 aliphatic heterocycles. The minimum atomic E-state index is -4.12.